The van der Waals surface area contributed by atoms with E-state index in [1.54, 1.807) is 12.5 Å². The maximum absolute atomic E-state index is 5.99. The minimum Gasteiger partial charge on any atom is -0.472 e. The molecule has 0 spiro atoms. The summed E-state index contributed by atoms with van der Waals surface area (Å²) in [7, 11) is 0. The highest BCUT2D eigenvalue weighted by Gasteiger charge is 2.12. The van der Waals surface area contributed by atoms with E-state index in [1.165, 1.54) is 11.1 Å². The number of furan rings is 1. The Balaban J connectivity index is 2.13. The second-order valence-corrected chi connectivity index (χ2v) is 4.44. The number of likely N-dealkylation sites (N-methyl/N-ethyl adjacent to an activating group) is 1. The van der Waals surface area contributed by atoms with Gasteiger partial charge in [0.15, 0.2) is 0 Å². The Labute approximate surface area is 107 Å². The van der Waals surface area contributed by atoms with Crippen LogP contribution in [0, 0.1) is 0 Å². The molecule has 0 radical (unpaired) electrons. The predicted octanol–water partition coefficient (Wildman–Crippen LogP) is 3.83. The molecule has 17 heavy (non-hydrogen) atoms. The van der Waals surface area contributed by atoms with Crippen molar-refractivity contribution in [3.05, 3.63) is 59.0 Å². The minimum atomic E-state index is 0.275. The third kappa shape index (κ3) is 3.35. The molecule has 1 aromatic carbocycles. The molecule has 0 aliphatic rings. The number of hydrogen-bond donors (Lipinski definition) is 1. The standard InChI is InChI=1S/C14H16ClNO/c1-2-16-14(12-6-7-17-10-12)9-11-4-3-5-13(15)8-11/h3-8,10,14,16H,2,9H2,1H3. The molecule has 1 heterocycles. The SMILES string of the molecule is CCNC(Cc1cccc(Cl)c1)c1ccoc1. The van der Waals surface area contributed by atoms with Crippen LogP contribution in [0.3, 0.4) is 0 Å². The Hall–Kier alpha value is -1.25. The summed E-state index contributed by atoms with van der Waals surface area (Å²) in [5, 5.41) is 4.23. The van der Waals surface area contributed by atoms with E-state index < -0.39 is 0 Å². The molecule has 2 rings (SSSR count). The van der Waals surface area contributed by atoms with Gasteiger partial charge in [0.25, 0.3) is 0 Å². The van der Waals surface area contributed by atoms with Gasteiger partial charge in [-0.1, -0.05) is 30.7 Å². The lowest BCUT2D eigenvalue weighted by Crippen LogP contribution is -2.22. The molecule has 0 aliphatic carbocycles. The Morgan fingerprint density at radius 1 is 1.35 bits per heavy atom. The molecule has 90 valence electrons. The molecule has 1 unspecified atom stereocenters. The highest BCUT2D eigenvalue weighted by atomic mass is 35.5. The smallest absolute Gasteiger partial charge is 0.0950 e. The van der Waals surface area contributed by atoms with Crippen molar-refractivity contribution in [1.29, 1.82) is 0 Å². The van der Waals surface area contributed by atoms with E-state index in [0.717, 1.165) is 18.0 Å². The van der Waals surface area contributed by atoms with Gasteiger partial charge in [-0.15, -0.1) is 0 Å². The number of nitrogens with one attached hydrogen (secondary N) is 1. The van der Waals surface area contributed by atoms with Crippen LogP contribution in [0.2, 0.25) is 5.02 Å². The molecule has 0 saturated carbocycles. The van der Waals surface area contributed by atoms with E-state index in [4.69, 9.17) is 16.0 Å². The summed E-state index contributed by atoms with van der Waals surface area (Å²) in [6, 6.07) is 10.2. The van der Waals surface area contributed by atoms with Gasteiger partial charge in [0.05, 0.1) is 12.5 Å². The zero-order valence-electron chi connectivity index (χ0n) is 9.82. The lowest BCUT2D eigenvalue weighted by Gasteiger charge is -2.16. The third-order valence-corrected chi connectivity index (χ3v) is 2.96. The fraction of sp³-hybridized carbons (Fsp3) is 0.286. The van der Waals surface area contributed by atoms with Crippen LogP contribution in [0.1, 0.15) is 24.1 Å². The zero-order chi connectivity index (χ0) is 12.1. The average molecular weight is 250 g/mol. The van der Waals surface area contributed by atoms with Crippen LogP contribution in [0.4, 0.5) is 0 Å². The quantitative estimate of drug-likeness (QED) is 0.871. The Morgan fingerprint density at radius 3 is 2.88 bits per heavy atom. The summed E-state index contributed by atoms with van der Waals surface area (Å²) in [5.41, 5.74) is 2.40. The minimum absolute atomic E-state index is 0.275. The van der Waals surface area contributed by atoms with Gasteiger partial charge in [-0.2, -0.15) is 0 Å². The van der Waals surface area contributed by atoms with Gasteiger partial charge in [-0.05, 0) is 36.7 Å². The van der Waals surface area contributed by atoms with E-state index in [-0.39, 0.29) is 6.04 Å². The molecule has 1 aromatic heterocycles. The van der Waals surface area contributed by atoms with Crippen LogP contribution in [0.5, 0.6) is 0 Å². The van der Waals surface area contributed by atoms with Gasteiger partial charge in [0, 0.05) is 16.6 Å². The Morgan fingerprint density at radius 2 is 2.24 bits per heavy atom. The number of halogens is 1. The summed E-state index contributed by atoms with van der Waals surface area (Å²) in [5.74, 6) is 0. The van der Waals surface area contributed by atoms with Crippen molar-refractivity contribution in [2.24, 2.45) is 0 Å². The monoisotopic (exact) mass is 249 g/mol. The summed E-state index contributed by atoms with van der Waals surface area (Å²) in [4.78, 5) is 0. The van der Waals surface area contributed by atoms with Gasteiger partial charge in [-0.25, -0.2) is 0 Å². The summed E-state index contributed by atoms with van der Waals surface area (Å²) >= 11 is 5.99. The zero-order valence-corrected chi connectivity index (χ0v) is 10.6. The van der Waals surface area contributed by atoms with E-state index in [2.05, 4.69) is 18.3 Å². The highest BCUT2D eigenvalue weighted by Crippen LogP contribution is 2.20. The lowest BCUT2D eigenvalue weighted by molar-refractivity contribution is 0.525. The number of benzene rings is 1. The van der Waals surface area contributed by atoms with E-state index in [9.17, 15) is 0 Å². The van der Waals surface area contributed by atoms with Gasteiger partial charge < -0.3 is 9.73 Å². The van der Waals surface area contributed by atoms with Crippen molar-refractivity contribution in [2.45, 2.75) is 19.4 Å². The lowest BCUT2D eigenvalue weighted by atomic mass is 10.0. The topological polar surface area (TPSA) is 25.2 Å². The summed E-state index contributed by atoms with van der Waals surface area (Å²) in [6.45, 7) is 3.03. The summed E-state index contributed by atoms with van der Waals surface area (Å²) in [6.07, 6.45) is 4.41. The van der Waals surface area contributed by atoms with E-state index >= 15 is 0 Å². The van der Waals surface area contributed by atoms with Crippen LogP contribution in [0.15, 0.2) is 47.3 Å². The largest absolute Gasteiger partial charge is 0.472 e. The molecule has 1 N–H and O–H groups in total. The van der Waals surface area contributed by atoms with Crippen LogP contribution in [-0.2, 0) is 6.42 Å². The first-order valence-corrected chi connectivity index (χ1v) is 6.17. The van der Waals surface area contributed by atoms with E-state index in [1.807, 2.05) is 24.3 Å². The van der Waals surface area contributed by atoms with Crippen molar-refractivity contribution in [2.75, 3.05) is 6.54 Å². The first kappa shape index (κ1) is 12.2. The fourth-order valence-corrected chi connectivity index (χ4v) is 2.14. The molecule has 1 atom stereocenters. The molecule has 2 aromatic rings. The van der Waals surface area contributed by atoms with E-state index in [0.29, 0.717) is 0 Å². The average Bonchev–Trinajstić information content (AvgIpc) is 2.82. The van der Waals surface area contributed by atoms with Crippen molar-refractivity contribution >= 4 is 11.6 Å². The molecule has 0 saturated heterocycles. The van der Waals surface area contributed by atoms with Gasteiger partial charge in [-0.3, -0.25) is 0 Å². The molecule has 0 aliphatic heterocycles. The van der Waals surface area contributed by atoms with Crippen molar-refractivity contribution < 1.29 is 4.42 Å². The first-order chi connectivity index (χ1) is 8.29. The van der Waals surface area contributed by atoms with Gasteiger partial charge in [0.1, 0.15) is 0 Å². The van der Waals surface area contributed by atoms with Crippen LogP contribution in [-0.4, -0.2) is 6.54 Å². The molecule has 0 bridgehead atoms. The Bertz CT molecular complexity index is 453. The number of rotatable bonds is 5. The molecule has 0 fully saturated rings. The number of hydrogen-bond acceptors (Lipinski definition) is 2. The van der Waals surface area contributed by atoms with Gasteiger partial charge >= 0.3 is 0 Å². The van der Waals surface area contributed by atoms with Crippen molar-refractivity contribution in [3.63, 3.8) is 0 Å². The summed E-state index contributed by atoms with van der Waals surface area (Å²) < 4.78 is 5.14. The third-order valence-electron chi connectivity index (χ3n) is 2.72. The normalized spacial score (nSPS) is 12.6. The maximum atomic E-state index is 5.99. The predicted molar refractivity (Wildman–Crippen MR) is 70.3 cm³/mol. The second-order valence-electron chi connectivity index (χ2n) is 4.00. The molecule has 3 heteroatoms. The van der Waals surface area contributed by atoms with Crippen molar-refractivity contribution in [3.8, 4) is 0 Å². The van der Waals surface area contributed by atoms with Gasteiger partial charge in [0.2, 0.25) is 0 Å². The highest BCUT2D eigenvalue weighted by molar-refractivity contribution is 6.30. The second kappa shape index (κ2) is 5.89. The molecular formula is C14H16ClNO. The van der Waals surface area contributed by atoms with Crippen molar-refractivity contribution in [1.82, 2.24) is 5.32 Å². The molecular weight excluding hydrogens is 234 g/mol. The fourth-order valence-electron chi connectivity index (χ4n) is 1.93. The van der Waals surface area contributed by atoms with Crippen LogP contribution in [0.25, 0.3) is 0 Å². The van der Waals surface area contributed by atoms with Crippen LogP contribution < -0.4 is 5.32 Å². The maximum Gasteiger partial charge on any atom is 0.0950 e. The molecule has 0 amide bonds. The molecule has 2 nitrogen and oxygen atoms in total. The first-order valence-electron chi connectivity index (χ1n) is 5.79. The van der Waals surface area contributed by atoms with Crippen LogP contribution >= 0.6 is 11.6 Å². The Kier molecular flexibility index (Phi) is 4.24.